The van der Waals surface area contributed by atoms with E-state index in [1.54, 1.807) is 0 Å². The molecule has 0 saturated carbocycles. The van der Waals surface area contributed by atoms with E-state index in [1.807, 2.05) is 42.6 Å². The summed E-state index contributed by atoms with van der Waals surface area (Å²) in [5.74, 6) is -0.182. The Morgan fingerprint density at radius 1 is 0.872 bits per heavy atom. The third-order valence-corrected chi connectivity index (χ3v) is 7.58. The van der Waals surface area contributed by atoms with Crippen LogP contribution in [-0.2, 0) is 17.4 Å². The molecule has 1 aromatic heterocycles. The molecule has 8 heteroatoms. The molecule has 2 aliphatic rings. The predicted molar refractivity (Wildman–Crippen MR) is 148 cm³/mol. The molecule has 2 heterocycles. The van der Waals surface area contributed by atoms with E-state index in [9.17, 15) is 18.0 Å². The SMILES string of the molecule is O=C(Nc1ccc(N2CCN(CCc3ccccn3)CC2)cc1)C1=C(c2ccc(C(F)(F)F)cc2)CCCC1. The summed E-state index contributed by atoms with van der Waals surface area (Å²) in [4.78, 5) is 22.4. The number of hydrogen-bond acceptors (Lipinski definition) is 4. The average molecular weight is 535 g/mol. The molecule has 0 spiro atoms. The van der Waals surface area contributed by atoms with E-state index >= 15 is 0 Å². The first-order valence-corrected chi connectivity index (χ1v) is 13.5. The van der Waals surface area contributed by atoms with Gasteiger partial charge in [-0.05, 0) is 85.4 Å². The molecule has 1 aliphatic heterocycles. The van der Waals surface area contributed by atoms with Gasteiger partial charge in [0.1, 0.15) is 0 Å². The highest BCUT2D eigenvalue weighted by atomic mass is 19.4. The van der Waals surface area contributed by atoms with Crippen LogP contribution >= 0.6 is 0 Å². The lowest BCUT2D eigenvalue weighted by Crippen LogP contribution is -2.47. The number of nitrogens with one attached hydrogen (secondary N) is 1. The second kappa shape index (κ2) is 12.0. The number of carbonyl (C=O) groups is 1. The molecule has 39 heavy (non-hydrogen) atoms. The maximum absolute atomic E-state index is 13.2. The van der Waals surface area contributed by atoms with Gasteiger partial charge in [0, 0.05) is 68.0 Å². The quantitative estimate of drug-likeness (QED) is 0.380. The van der Waals surface area contributed by atoms with Gasteiger partial charge in [0.05, 0.1) is 5.56 Å². The normalized spacial score (nSPS) is 16.8. The molecule has 1 fully saturated rings. The zero-order valence-electron chi connectivity index (χ0n) is 21.9. The molecule has 3 aromatic rings. The predicted octanol–water partition coefficient (Wildman–Crippen LogP) is 6.43. The molecule has 1 N–H and O–H groups in total. The molecule has 0 radical (unpaired) electrons. The van der Waals surface area contributed by atoms with Gasteiger partial charge in [0.25, 0.3) is 5.91 Å². The zero-order chi connectivity index (χ0) is 27.2. The number of alkyl halides is 3. The van der Waals surface area contributed by atoms with Crippen LogP contribution < -0.4 is 10.2 Å². The summed E-state index contributed by atoms with van der Waals surface area (Å²) in [6, 6.07) is 19.1. The summed E-state index contributed by atoms with van der Waals surface area (Å²) < 4.78 is 38.9. The van der Waals surface area contributed by atoms with Crippen LogP contribution in [0.4, 0.5) is 24.5 Å². The Kier molecular flexibility index (Phi) is 8.31. The highest BCUT2D eigenvalue weighted by Crippen LogP contribution is 2.35. The minimum atomic E-state index is -4.38. The Hall–Kier alpha value is -3.65. The van der Waals surface area contributed by atoms with Crippen molar-refractivity contribution in [2.45, 2.75) is 38.3 Å². The summed E-state index contributed by atoms with van der Waals surface area (Å²) >= 11 is 0. The van der Waals surface area contributed by atoms with Gasteiger partial charge < -0.3 is 10.2 Å². The zero-order valence-corrected chi connectivity index (χ0v) is 21.9. The van der Waals surface area contributed by atoms with Gasteiger partial charge in [-0.2, -0.15) is 13.2 Å². The van der Waals surface area contributed by atoms with Crippen LogP contribution in [-0.4, -0.2) is 48.5 Å². The fourth-order valence-electron chi connectivity index (χ4n) is 5.35. The van der Waals surface area contributed by atoms with Gasteiger partial charge in [0.15, 0.2) is 0 Å². The molecule has 1 amide bonds. The van der Waals surface area contributed by atoms with Crippen LogP contribution in [0.5, 0.6) is 0 Å². The van der Waals surface area contributed by atoms with Crippen molar-refractivity contribution in [1.82, 2.24) is 9.88 Å². The van der Waals surface area contributed by atoms with E-state index in [2.05, 4.69) is 26.2 Å². The van der Waals surface area contributed by atoms with Gasteiger partial charge in [-0.3, -0.25) is 14.7 Å². The topological polar surface area (TPSA) is 48.5 Å². The van der Waals surface area contributed by atoms with Gasteiger partial charge in [0.2, 0.25) is 0 Å². The summed E-state index contributed by atoms with van der Waals surface area (Å²) in [5, 5.41) is 3.01. The van der Waals surface area contributed by atoms with Gasteiger partial charge >= 0.3 is 6.18 Å². The third kappa shape index (κ3) is 6.87. The van der Waals surface area contributed by atoms with Gasteiger partial charge in [-0.15, -0.1) is 0 Å². The number of nitrogens with zero attached hydrogens (tertiary/aromatic N) is 3. The van der Waals surface area contributed by atoms with E-state index in [4.69, 9.17) is 0 Å². The second-order valence-corrected chi connectivity index (χ2v) is 10.1. The molecule has 5 rings (SSSR count). The monoisotopic (exact) mass is 534 g/mol. The number of aromatic nitrogens is 1. The van der Waals surface area contributed by atoms with Crippen molar-refractivity contribution >= 4 is 22.9 Å². The molecule has 0 bridgehead atoms. The Morgan fingerprint density at radius 3 is 2.26 bits per heavy atom. The highest BCUT2D eigenvalue weighted by Gasteiger charge is 2.30. The number of amides is 1. The molecular formula is C31H33F3N4O. The number of pyridine rings is 1. The van der Waals surface area contributed by atoms with E-state index in [0.29, 0.717) is 29.7 Å². The van der Waals surface area contributed by atoms with Crippen molar-refractivity contribution < 1.29 is 18.0 Å². The van der Waals surface area contributed by atoms with Crippen molar-refractivity contribution in [2.75, 3.05) is 42.9 Å². The number of piperazine rings is 1. The number of halogens is 3. The number of carbonyl (C=O) groups excluding carboxylic acids is 1. The first-order valence-electron chi connectivity index (χ1n) is 13.5. The highest BCUT2D eigenvalue weighted by molar-refractivity contribution is 6.09. The van der Waals surface area contributed by atoms with Crippen LogP contribution in [0.1, 0.15) is 42.5 Å². The molecule has 5 nitrogen and oxygen atoms in total. The van der Waals surface area contributed by atoms with Gasteiger partial charge in [-0.25, -0.2) is 0 Å². The molecule has 0 unspecified atom stereocenters. The molecule has 204 valence electrons. The van der Waals surface area contributed by atoms with Crippen molar-refractivity contribution in [2.24, 2.45) is 0 Å². The van der Waals surface area contributed by atoms with Gasteiger partial charge in [-0.1, -0.05) is 18.2 Å². The molecule has 1 aliphatic carbocycles. The maximum Gasteiger partial charge on any atom is 0.416 e. The van der Waals surface area contributed by atoms with E-state index in [0.717, 1.165) is 81.1 Å². The third-order valence-electron chi connectivity index (χ3n) is 7.58. The average Bonchev–Trinajstić information content (AvgIpc) is 2.97. The summed E-state index contributed by atoms with van der Waals surface area (Å²) in [6.45, 7) is 4.87. The largest absolute Gasteiger partial charge is 0.416 e. The number of benzene rings is 2. The molecule has 0 atom stereocenters. The number of hydrogen-bond donors (Lipinski definition) is 1. The fourth-order valence-corrected chi connectivity index (χ4v) is 5.35. The number of anilines is 2. The van der Waals surface area contributed by atoms with Crippen LogP contribution in [0.3, 0.4) is 0 Å². The van der Waals surface area contributed by atoms with Crippen LogP contribution in [0, 0.1) is 0 Å². The lowest BCUT2D eigenvalue weighted by molar-refractivity contribution is -0.137. The molecular weight excluding hydrogens is 501 g/mol. The van der Waals surface area contributed by atoms with Crippen molar-refractivity contribution in [3.8, 4) is 0 Å². The number of rotatable bonds is 7. The lowest BCUT2D eigenvalue weighted by atomic mass is 9.86. The van der Waals surface area contributed by atoms with Crippen LogP contribution in [0.25, 0.3) is 5.57 Å². The van der Waals surface area contributed by atoms with Crippen molar-refractivity contribution in [3.05, 3.63) is 95.3 Å². The standard InChI is InChI=1S/C31H33F3N4O/c32-31(33,34)24-10-8-23(9-11-24)28-6-1-2-7-29(28)30(39)36-26-12-14-27(15-13-26)38-21-19-37(20-22-38)18-16-25-5-3-4-17-35-25/h3-5,8-15,17H,1-2,6-7,16,18-22H2,(H,36,39). The Balaban J connectivity index is 1.18. The smallest absolute Gasteiger partial charge is 0.369 e. The van der Waals surface area contributed by atoms with Crippen LogP contribution in [0.2, 0.25) is 0 Å². The number of allylic oxidation sites excluding steroid dienone is 1. The van der Waals surface area contributed by atoms with E-state index in [1.165, 1.54) is 12.1 Å². The minimum Gasteiger partial charge on any atom is -0.369 e. The first kappa shape index (κ1) is 26.9. The Labute approximate surface area is 227 Å². The fraction of sp³-hybridized carbons (Fsp3) is 0.355. The molecule has 2 aromatic carbocycles. The summed E-state index contributed by atoms with van der Waals surface area (Å²) in [6.07, 6.45) is 1.51. The van der Waals surface area contributed by atoms with Crippen LogP contribution in [0.15, 0.2) is 78.5 Å². The van der Waals surface area contributed by atoms with E-state index in [-0.39, 0.29) is 5.91 Å². The van der Waals surface area contributed by atoms with E-state index < -0.39 is 11.7 Å². The Bertz CT molecular complexity index is 1280. The van der Waals surface area contributed by atoms with Crippen molar-refractivity contribution in [3.63, 3.8) is 0 Å². The second-order valence-electron chi connectivity index (χ2n) is 10.1. The Morgan fingerprint density at radius 2 is 1.59 bits per heavy atom. The summed E-state index contributed by atoms with van der Waals surface area (Å²) in [7, 11) is 0. The summed E-state index contributed by atoms with van der Waals surface area (Å²) in [5.41, 5.74) is 4.45. The maximum atomic E-state index is 13.2. The minimum absolute atomic E-state index is 0.182. The lowest BCUT2D eigenvalue weighted by Gasteiger charge is -2.36. The van der Waals surface area contributed by atoms with Crippen molar-refractivity contribution in [1.29, 1.82) is 0 Å². The molecule has 1 saturated heterocycles. The first-order chi connectivity index (χ1) is 18.9.